The second-order valence-corrected chi connectivity index (χ2v) is 4.78. The van der Waals surface area contributed by atoms with Crippen molar-refractivity contribution in [1.82, 2.24) is 4.90 Å². The van der Waals surface area contributed by atoms with E-state index in [9.17, 15) is 9.59 Å². The van der Waals surface area contributed by atoms with Gasteiger partial charge in [0.25, 0.3) is 0 Å². The van der Waals surface area contributed by atoms with Gasteiger partial charge in [0.15, 0.2) is 5.78 Å². The number of hydrogen-bond acceptors (Lipinski definition) is 3. The number of carbonyl (C=O) groups is 2. The highest BCUT2D eigenvalue weighted by atomic mass is 16.2. The topological polar surface area (TPSA) is 63.4 Å². The number of hydrogen-bond donors (Lipinski definition) is 1. The standard InChI is InChI=1S/C14H18N2O2/c1-16(12-6-7-12)14(18)9-8-13(17)10-2-4-11(15)5-3-10/h2-5,12H,6-9,15H2,1H3. The van der Waals surface area contributed by atoms with Crippen LogP contribution in [0.25, 0.3) is 0 Å². The van der Waals surface area contributed by atoms with E-state index in [2.05, 4.69) is 0 Å². The van der Waals surface area contributed by atoms with Gasteiger partial charge in [0.1, 0.15) is 0 Å². The first-order valence-electron chi connectivity index (χ1n) is 6.22. The monoisotopic (exact) mass is 246 g/mol. The van der Waals surface area contributed by atoms with Crippen molar-refractivity contribution in [2.75, 3.05) is 12.8 Å². The highest BCUT2D eigenvalue weighted by Crippen LogP contribution is 2.26. The Morgan fingerprint density at radius 2 is 1.83 bits per heavy atom. The Balaban J connectivity index is 1.84. The summed E-state index contributed by atoms with van der Waals surface area (Å²) in [6.45, 7) is 0. The molecule has 96 valence electrons. The lowest BCUT2D eigenvalue weighted by Crippen LogP contribution is -2.28. The summed E-state index contributed by atoms with van der Waals surface area (Å²) < 4.78 is 0. The number of benzene rings is 1. The molecule has 0 aromatic heterocycles. The molecule has 1 aromatic rings. The zero-order chi connectivity index (χ0) is 13.1. The molecule has 1 aliphatic rings. The maximum absolute atomic E-state index is 11.9. The first-order valence-corrected chi connectivity index (χ1v) is 6.22. The number of Topliss-reactive ketones (excluding diaryl/α,β-unsaturated/α-hetero) is 1. The highest BCUT2D eigenvalue weighted by molar-refractivity contribution is 5.98. The second-order valence-electron chi connectivity index (χ2n) is 4.78. The largest absolute Gasteiger partial charge is 0.399 e. The van der Waals surface area contributed by atoms with Gasteiger partial charge >= 0.3 is 0 Å². The normalized spacial score (nSPS) is 14.3. The van der Waals surface area contributed by atoms with Crippen LogP contribution in [0.2, 0.25) is 0 Å². The summed E-state index contributed by atoms with van der Waals surface area (Å²) >= 11 is 0. The van der Waals surface area contributed by atoms with Gasteiger partial charge in [0, 0.05) is 37.2 Å². The van der Waals surface area contributed by atoms with Crippen molar-refractivity contribution in [2.45, 2.75) is 31.7 Å². The minimum atomic E-state index is -0.00690. The summed E-state index contributed by atoms with van der Waals surface area (Å²) in [7, 11) is 1.81. The molecule has 1 fully saturated rings. The predicted octanol–water partition coefficient (Wildman–Crippen LogP) is 1.85. The van der Waals surface area contributed by atoms with E-state index >= 15 is 0 Å². The van der Waals surface area contributed by atoms with Crippen LogP contribution in [0, 0.1) is 0 Å². The molecule has 2 rings (SSSR count). The molecule has 1 amide bonds. The van der Waals surface area contributed by atoms with Crippen LogP contribution in [0.3, 0.4) is 0 Å². The van der Waals surface area contributed by atoms with Crippen LogP contribution >= 0.6 is 0 Å². The maximum Gasteiger partial charge on any atom is 0.223 e. The van der Waals surface area contributed by atoms with Gasteiger partial charge in [-0.3, -0.25) is 9.59 Å². The van der Waals surface area contributed by atoms with Crippen molar-refractivity contribution < 1.29 is 9.59 Å². The van der Waals surface area contributed by atoms with Crippen molar-refractivity contribution in [1.29, 1.82) is 0 Å². The average molecular weight is 246 g/mol. The second kappa shape index (κ2) is 5.21. The molecule has 18 heavy (non-hydrogen) atoms. The van der Waals surface area contributed by atoms with Crippen LogP contribution < -0.4 is 5.73 Å². The first kappa shape index (κ1) is 12.6. The van der Waals surface area contributed by atoms with Crippen molar-refractivity contribution >= 4 is 17.4 Å². The first-order chi connectivity index (χ1) is 8.58. The van der Waals surface area contributed by atoms with Gasteiger partial charge in [-0.25, -0.2) is 0 Å². The lowest BCUT2D eigenvalue weighted by molar-refractivity contribution is -0.130. The van der Waals surface area contributed by atoms with E-state index < -0.39 is 0 Å². The number of nitrogen functional groups attached to an aromatic ring is 1. The smallest absolute Gasteiger partial charge is 0.223 e. The predicted molar refractivity (Wildman–Crippen MR) is 70.2 cm³/mol. The molecular weight excluding hydrogens is 228 g/mol. The molecule has 1 aromatic carbocycles. The fourth-order valence-electron chi connectivity index (χ4n) is 1.88. The lowest BCUT2D eigenvalue weighted by Gasteiger charge is -2.15. The molecule has 2 N–H and O–H groups in total. The number of carbonyl (C=O) groups excluding carboxylic acids is 2. The zero-order valence-corrected chi connectivity index (χ0v) is 10.6. The molecule has 0 atom stereocenters. The van der Waals surface area contributed by atoms with Crippen molar-refractivity contribution in [3.8, 4) is 0 Å². The van der Waals surface area contributed by atoms with E-state index in [1.165, 1.54) is 0 Å². The van der Waals surface area contributed by atoms with Gasteiger partial charge in [0.05, 0.1) is 0 Å². The van der Waals surface area contributed by atoms with E-state index in [1.807, 2.05) is 7.05 Å². The van der Waals surface area contributed by atoms with Gasteiger partial charge in [-0.2, -0.15) is 0 Å². The number of nitrogens with zero attached hydrogens (tertiary/aromatic N) is 1. The van der Waals surface area contributed by atoms with E-state index in [0.29, 0.717) is 17.3 Å². The van der Waals surface area contributed by atoms with Crippen LogP contribution in [0.1, 0.15) is 36.0 Å². The number of nitrogens with two attached hydrogens (primary N) is 1. The fraction of sp³-hybridized carbons (Fsp3) is 0.429. The third kappa shape index (κ3) is 3.09. The van der Waals surface area contributed by atoms with Crippen LogP contribution in [-0.4, -0.2) is 29.7 Å². The lowest BCUT2D eigenvalue weighted by atomic mass is 10.1. The molecular formula is C14H18N2O2. The molecule has 0 unspecified atom stereocenters. The fourth-order valence-corrected chi connectivity index (χ4v) is 1.88. The summed E-state index contributed by atoms with van der Waals surface area (Å²) in [4.78, 5) is 25.4. The van der Waals surface area contributed by atoms with E-state index in [1.54, 1.807) is 29.2 Å². The van der Waals surface area contributed by atoms with Crippen LogP contribution in [0.5, 0.6) is 0 Å². The molecule has 0 saturated heterocycles. The SMILES string of the molecule is CN(C(=O)CCC(=O)c1ccc(N)cc1)C1CC1. The Morgan fingerprint density at radius 3 is 2.39 bits per heavy atom. The average Bonchev–Trinajstić information content (AvgIpc) is 3.19. The molecule has 0 aliphatic heterocycles. The molecule has 4 nitrogen and oxygen atoms in total. The molecule has 1 aliphatic carbocycles. The summed E-state index contributed by atoms with van der Waals surface area (Å²) in [6, 6.07) is 7.21. The van der Waals surface area contributed by atoms with Gasteiger partial charge in [0.2, 0.25) is 5.91 Å². The minimum Gasteiger partial charge on any atom is -0.399 e. The minimum absolute atomic E-state index is 0.00690. The third-order valence-corrected chi connectivity index (χ3v) is 3.29. The van der Waals surface area contributed by atoms with Gasteiger partial charge < -0.3 is 10.6 Å². The molecule has 0 bridgehead atoms. The van der Waals surface area contributed by atoms with E-state index in [4.69, 9.17) is 5.73 Å². The maximum atomic E-state index is 11.9. The molecule has 4 heteroatoms. The number of amides is 1. The Morgan fingerprint density at radius 1 is 1.22 bits per heavy atom. The number of rotatable bonds is 5. The molecule has 0 spiro atoms. The molecule has 0 radical (unpaired) electrons. The Kier molecular flexibility index (Phi) is 3.65. The Hall–Kier alpha value is -1.84. The summed E-state index contributed by atoms with van der Waals surface area (Å²) in [5.74, 6) is 0.0499. The van der Waals surface area contributed by atoms with Crippen molar-refractivity contribution in [3.63, 3.8) is 0 Å². The zero-order valence-electron chi connectivity index (χ0n) is 10.6. The van der Waals surface area contributed by atoms with E-state index in [-0.39, 0.29) is 24.5 Å². The van der Waals surface area contributed by atoms with Crippen LogP contribution in [-0.2, 0) is 4.79 Å². The molecule has 0 heterocycles. The summed E-state index contributed by atoms with van der Waals surface area (Å²) in [5, 5.41) is 0. The Labute approximate surface area is 107 Å². The highest BCUT2D eigenvalue weighted by Gasteiger charge is 2.29. The van der Waals surface area contributed by atoms with E-state index in [0.717, 1.165) is 12.8 Å². The number of ketones is 1. The Bertz CT molecular complexity index is 449. The summed E-state index contributed by atoms with van der Waals surface area (Å²) in [5.41, 5.74) is 6.81. The number of anilines is 1. The van der Waals surface area contributed by atoms with Crippen LogP contribution in [0.15, 0.2) is 24.3 Å². The van der Waals surface area contributed by atoms with Gasteiger partial charge in [-0.1, -0.05) is 0 Å². The quantitative estimate of drug-likeness (QED) is 0.637. The van der Waals surface area contributed by atoms with Gasteiger partial charge in [-0.05, 0) is 37.1 Å². The molecule has 1 saturated carbocycles. The third-order valence-electron chi connectivity index (χ3n) is 3.29. The van der Waals surface area contributed by atoms with Gasteiger partial charge in [-0.15, -0.1) is 0 Å². The van der Waals surface area contributed by atoms with Crippen molar-refractivity contribution in [3.05, 3.63) is 29.8 Å². The summed E-state index contributed by atoms with van der Waals surface area (Å²) in [6.07, 6.45) is 2.73. The van der Waals surface area contributed by atoms with Crippen LogP contribution in [0.4, 0.5) is 5.69 Å². The van der Waals surface area contributed by atoms with Crippen molar-refractivity contribution in [2.24, 2.45) is 0 Å².